The first-order valence-corrected chi connectivity index (χ1v) is 6.59. The second-order valence-electron chi connectivity index (χ2n) is 5.36. The van der Waals surface area contributed by atoms with E-state index in [0.717, 1.165) is 31.0 Å². The minimum atomic E-state index is -0.891. The molecule has 4 nitrogen and oxygen atoms in total. The number of hydrogen-bond acceptors (Lipinski definition) is 2. The molecule has 2 fully saturated rings. The van der Waals surface area contributed by atoms with Crippen molar-refractivity contribution in [2.75, 3.05) is 11.4 Å². The molecule has 1 N–H and O–H groups in total. The summed E-state index contributed by atoms with van der Waals surface area (Å²) in [6.45, 7) is -0.205. The summed E-state index contributed by atoms with van der Waals surface area (Å²) >= 11 is 0. The average molecular weight is 280 g/mol. The first kappa shape index (κ1) is 13.0. The summed E-state index contributed by atoms with van der Waals surface area (Å²) in [6, 6.07) is 2.88. The fourth-order valence-corrected chi connectivity index (χ4v) is 3.05. The molecule has 1 heterocycles. The van der Waals surface area contributed by atoms with Gasteiger partial charge < -0.3 is 10.2 Å². The third-order valence-electron chi connectivity index (χ3n) is 3.95. The molecule has 106 valence electrons. The number of nitrogens with zero attached hydrogens (tertiary/aromatic N) is 1. The Bertz CT molecular complexity index is 562. The van der Waals surface area contributed by atoms with E-state index in [9.17, 15) is 18.4 Å². The van der Waals surface area contributed by atoms with Gasteiger partial charge in [-0.3, -0.25) is 9.59 Å². The van der Waals surface area contributed by atoms with Crippen LogP contribution < -0.4 is 10.2 Å². The lowest BCUT2D eigenvalue weighted by atomic mass is 9.92. The lowest BCUT2D eigenvalue weighted by Gasteiger charge is -2.39. The molecule has 3 rings (SSSR count). The van der Waals surface area contributed by atoms with Gasteiger partial charge in [0.05, 0.1) is 5.69 Å². The molecule has 1 aromatic carbocycles. The predicted octanol–water partition coefficient (Wildman–Crippen LogP) is 1.74. The zero-order valence-electron chi connectivity index (χ0n) is 10.8. The van der Waals surface area contributed by atoms with Crippen LogP contribution in [0.25, 0.3) is 0 Å². The van der Waals surface area contributed by atoms with Crippen molar-refractivity contribution < 1.29 is 18.4 Å². The Hall–Kier alpha value is -1.98. The van der Waals surface area contributed by atoms with E-state index in [0.29, 0.717) is 12.8 Å². The summed E-state index contributed by atoms with van der Waals surface area (Å²) in [5.41, 5.74) is -0.799. The molecule has 2 amide bonds. The third-order valence-corrected chi connectivity index (χ3v) is 3.95. The van der Waals surface area contributed by atoms with E-state index < -0.39 is 17.2 Å². The van der Waals surface area contributed by atoms with Crippen LogP contribution in [-0.4, -0.2) is 23.9 Å². The maximum atomic E-state index is 13.3. The molecule has 1 saturated heterocycles. The number of carbonyl (C=O) groups is 2. The van der Waals surface area contributed by atoms with Crippen LogP contribution in [0.5, 0.6) is 0 Å². The lowest BCUT2D eigenvalue weighted by molar-refractivity contribution is -0.135. The topological polar surface area (TPSA) is 49.4 Å². The Kier molecular flexibility index (Phi) is 2.96. The third kappa shape index (κ3) is 2.05. The van der Waals surface area contributed by atoms with Crippen molar-refractivity contribution in [3.8, 4) is 0 Å². The van der Waals surface area contributed by atoms with E-state index in [1.807, 2.05) is 0 Å². The van der Waals surface area contributed by atoms with Crippen molar-refractivity contribution in [1.29, 1.82) is 0 Å². The van der Waals surface area contributed by atoms with Crippen LogP contribution in [-0.2, 0) is 9.59 Å². The molecule has 0 aromatic heterocycles. The lowest BCUT2D eigenvalue weighted by Crippen LogP contribution is -2.65. The van der Waals surface area contributed by atoms with Crippen LogP contribution in [0.3, 0.4) is 0 Å². The smallest absolute Gasteiger partial charge is 0.253 e. The molecule has 0 atom stereocenters. The Labute approximate surface area is 114 Å². The Morgan fingerprint density at radius 1 is 1.05 bits per heavy atom. The van der Waals surface area contributed by atoms with E-state index in [-0.39, 0.29) is 24.0 Å². The van der Waals surface area contributed by atoms with Crippen molar-refractivity contribution in [1.82, 2.24) is 5.32 Å². The van der Waals surface area contributed by atoms with Crippen LogP contribution in [0, 0.1) is 11.6 Å². The maximum absolute atomic E-state index is 13.3. The van der Waals surface area contributed by atoms with E-state index in [1.54, 1.807) is 0 Å². The number of anilines is 1. The number of hydrogen-bond donors (Lipinski definition) is 1. The van der Waals surface area contributed by atoms with Gasteiger partial charge in [0.1, 0.15) is 23.7 Å². The van der Waals surface area contributed by atoms with E-state index in [2.05, 4.69) is 5.32 Å². The number of amides is 2. The van der Waals surface area contributed by atoms with Crippen LogP contribution in [0.15, 0.2) is 18.2 Å². The van der Waals surface area contributed by atoms with Crippen LogP contribution in [0.2, 0.25) is 0 Å². The fourth-order valence-electron chi connectivity index (χ4n) is 3.05. The number of carbonyl (C=O) groups excluding carboxylic acids is 2. The highest BCUT2D eigenvalue weighted by Crippen LogP contribution is 2.35. The maximum Gasteiger partial charge on any atom is 0.253 e. The van der Waals surface area contributed by atoms with E-state index >= 15 is 0 Å². The Morgan fingerprint density at radius 2 is 1.65 bits per heavy atom. The van der Waals surface area contributed by atoms with Crippen LogP contribution >= 0.6 is 0 Å². The van der Waals surface area contributed by atoms with Gasteiger partial charge in [-0.05, 0) is 25.0 Å². The molecular weight excluding hydrogens is 266 g/mol. The highest BCUT2D eigenvalue weighted by Gasteiger charge is 2.48. The van der Waals surface area contributed by atoms with Crippen molar-refractivity contribution in [3.63, 3.8) is 0 Å². The molecule has 1 aliphatic carbocycles. The first-order valence-electron chi connectivity index (χ1n) is 6.59. The summed E-state index contributed by atoms with van der Waals surface area (Å²) in [5.74, 6) is -2.10. The van der Waals surface area contributed by atoms with Crippen LogP contribution in [0.1, 0.15) is 25.7 Å². The summed E-state index contributed by atoms with van der Waals surface area (Å²) in [4.78, 5) is 25.6. The monoisotopic (exact) mass is 280 g/mol. The van der Waals surface area contributed by atoms with Crippen LogP contribution in [0.4, 0.5) is 14.5 Å². The highest BCUT2D eigenvalue weighted by molar-refractivity contribution is 6.09. The molecule has 6 heteroatoms. The molecule has 20 heavy (non-hydrogen) atoms. The van der Waals surface area contributed by atoms with E-state index in [4.69, 9.17) is 0 Å². The Balaban J connectivity index is 1.99. The first-order chi connectivity index (χ1) is 9.50. The molecule has 1 aliphatic heterocycles. The molecule has 1 spiro atoms. The standard InChI is InChI=1S/C14H14F2N2O2/c15-9-5-10(16)7-11(6-9)18-8-12(19)17-14(13(18)20)3-1-2-4-14/h5-7H,1-4,8H2,(H,17,19). The minimum absolute atomic E-state index is 0.0913. The number of rotatable bonds is 1. The van der Waals surface area contributed by atoms with Crippen molar-refractivity contribution >= 4 is 17.5 Å². The largest absolute Gasteiger partial charge is 0.340 e. The second-order valence-corrected chi connectivity index (χ2v) is 5.36. The highest BCUT2D eigenvalue weighted by atomic mass is 19.1. The molecule has 1 aromatic rings. The zero-order chi connectivity index (χ0) is 14.3. The molecule has 0 radical (unpaired) electrons. The average Bonchev–Trinajstić information content (AvgIpc) is 2.82. The van der Waals surface area contributed by atoms with Gasteiger partial charge in [-0.1, -0.05) is 12.8 Å². The van der Waals surface area contributed by atoms with Gasteiger partial charge in [0.15, 0.2) is 0 Å². The predicted molar refractivity (Wildman–Crippen MR) is 68.1 cm³/mol. The number of nitrogens with one attached hydrogen (secondary N) is 1. The van der Waals surface area contributed by atoms with E-state index in [1.165, 1.54) is 4.90 Å². The molecular formula is C14H14F2N2O2. The van der Waals surface area contributed by atoms with Crippen molar-refractivity contribution in [3.05, 3.63) is 29.8 Å². The van der Waals surface area contributed by atoms with Gasteiger partial charge in [-0.2, -0.15) is 0 Å². The second kappa shape index (κ2) is 4.54. The number of halogens is 2. The van der Waals surface area contributed by atoms with Gasteiger partial charge in [0.2, 0.25) is 5.91 Å². The quantitative estimate of drug-likeness (QED) is 0.852. The normalized spacial score (nSPS) is 21.4. The van der Waals surface area contributed by atoms with Crippen molar-refractivity contribution in [2.24, 2.45) is 0 Å². The SMILES string of the molecule is O=C1CN(c2cc(F)cc(F)c2)C(=O)C2(CCCC2)N1. The van der Waals surface area contributed by atoms with Crippen molar-refractivity contribution in [2.45, 2.75) is 31.2 Å². The fraction of sp³-hybridized carbons (Fsp3) is 0.429. The summed E-state index contributed by atoms with van der Waals surface area (Å²) in [5, 5.41) is 2.75. The van der Waals surface area contributed by atoms with Gasteiger partial charge in [-0.25, -0.2) is 8.78 Å². The zero-order valence-corrected chi connectivity index (χ0v) is 10.8. The number of piperazine rings is 1. The molecule has 1 saturated carbocycles. The van der Waals surface area contributed by atoms with Gasteiger partial charge in [0.25, 0.3) is 5.91 Å². The molecule has 2 aliphatic rings. The number of benzene rings is 1. The molecule has 0 unspecified atom stereocenters. The molecule has 0 bridgehead atoms. The summed E-state index contributed by atoms with van der Waals surface area (Å²) < 4.78 is 26.6. The minimum Gasteiger partial charge on any atom is -0.340 e. The summed E-state index contributed by atoms with van der Waals surface area (Å²) in [7, 11) is 0. The van der Waals surface area contributed by atoms with Gasteiger partial charge in [-0.15, -0.1) is 0 Å². The Morgan fingerprint density at radius 3 is 2.25 bits per heavy atom. The van der Waals surface area contributed by atoms with Gasteiger partial charge in [0, 0.05) is 6.07 Å². The summed E-state index contributed by atoms with van der Waals surface area (Å²) in [6.07, 6.45) is 2.87. The van der Waals surface area contributed by atoms with Gasteiger partial charge >= 0.3 is 0 Å².